The number of carboxylic acid groups (broad SMARTS) is 1. The highest BCUT2D eigenvalue weighted by molar-refractivity contribution is 9.10. The molecule has 0 aliphatic carbocycles. The van der Waals surface area contributed by atoms with Crippen molar-refractivity contribution in [3.8, 4) is 0 Å². The van der Waals surface area contributed by atoms with Crippen molar-refractivity contribution < 1.29 is 23.1 Å². The maximum atomic E-state index is 12.3. The van der Waals surface area contributed by atoms with E-state index in [-0.39, 0.29) is 11.0 Å². The van der Waals surface area contributed by atoms with E-state index in [1.165, 1.54) is 6.07 Å². The van der Waals surface area contributed by atoms with Crippen molar-refractivity contribution in [2.24, 2.45) is 0 Å². The lowest BCUT2D eigenvalue weighted by Crippen LogP contribution is -2.13. The van der Waals surface area contributed by atoms with E-state index in [1.54, 1.807) is 0 Å². The third-order valence-corrected chi connectivity index (χ3v) is 2.38. The predicted octanol–water partition coefficient (Wildman–Crippen LogP) is 2.96. The maximum absolute atomic E-state index is 12.3. The van der Waals surface area contributed by atoms with Crippen LogP contribution in [0.15, 0.2) is 22.7 Å². The molecule has 0 amide bonds. The van der Waals surface area contributed by atoms with Crippen molar-refractivity contribution in [2.45, 2.75) is 6.18 Å². The first-order chi connectivity index (χ1) is 7.30. The summed E-state index contributed by atoms with van der Waals surface area (Å²) >= 11 is 2.93. The van der Waals surface area contributed by atoms with Crippen molar-refractivity contribution in [3.05, 3.63) is 28.2 Å². The third kappa shape index (κ3) is 3.41. The van der Waals surface area contributed by atoms with E-state index in [9.17, 15) is 18.0 Å². The van der Waals surface area contributed by atoms with E-state index in [2.05, 4.69) is 21.2 Å². The highest BCUT2D eigenvalue weighted by Gasteiger charge is 2.30. The number of benzene rings is 1. The van der Waals surface area contributed by atoms with E-state index in [0.717, 1.165) is 12.1 Å². The Kier molecular flexibility index (Phi) is 3.79. The Bertz CT molecular complexity index is 406. The Hall–Kier alpha value is -1.24. The summed E-state index contributed by atoms with van der Waals surface area (Å²) in [6.45, 7) is -0.357. The first kappa shape index (κ1) is 12.8. The molecular weight excluding hydrogens is 291 g/mol. The molecule has 0 saturated heterocycles. The molecule has 3 nitrogen and oxygen atoms in total. The van der Waals surface area contributed by atoms with Gasteiger partial charge in [-0.15, -0.1) is 0 Å². The van der Waals surface area contributed by atoms with Gasteiger partial charge in [0.25, 0.3) is 0 Å². The number of hydrogen-bond donors (Lipinski definition) is 2. The molecule has 88 valence electrons. The Morgan fingerprint density at radius 3 is 2.50 bits per heavy atom. The minimum absolute atomic E-state index is 0.170. The minimum atomic E-state index is -4.41. The van der Waals surface area contributed by atoms with E-state index in [4.69, 9.17) is 5.11 Å². The Morgan fingerprint density at radius 1 is 1.44 bits per heavy atom. The molecule has 0 saturated carbocycles. The summed E-state index contributed by atoms with van der Waals surface area (Å²) < 4.78 is 37.0. The first-order valence-corrected chi connectivity index (χ1v) is 4.92. The van der Waals surface area contributed by atoms with Gasteiger partial charge in [-0.2, -0.15) is 13.2 Å². The molecule has 1 rings (SSSR count). The van der Waals surface area contributed by atoms with Crippen LogP contribution in [0.1, 0.15) is 5.56 Å². The number of anilines is 1. The van der Waals surface area contributed by atoms with Crippen LogP contribution in [0.5, 0.6) is 0 Å². The fraction of sp³-hybridized carbons (Fsp3) is 0.222. The average molecular weight is 298 g/mol. The molecule has 0 fully saturated rings. The van der Waals surface area contributed by atoms with Crippen molar-refractivity contribution in [3.63, 3.8) is 0 Å². The maximum Gasteiger partial charge on any atom is 0.416 e. The van der Waals surface area contributed by atoms with Crippen LogP contribution in [0, 0.1) is 0 Å². The largest absolute Gasteiger partial charge is 0.480 e. The van der Waals surface area contributed by atoms with Gasteiger partial charge in [0, 0.05) is 10.2 Å². The molecule has 0 radical (unpaired) electrons. The van der Waals surface area contributed by atoms with Crippen LogP contribution in [0.4, 0.5) is 18.9 Å². The summed E-state index contributed by atoms with van der Waals surface area (Å²) in [5, 5.41) is 10.9. The van der Waals surface area contributed by atoms with Crippen molar-refractivity contribution in [1.82, 2.24) is 0 Å². The summed E-state index contributed by atoms with van der Waals surface area (Å²) in [6, 6.07) is 2.95. The van der Waals surface area contributed by atoms with E-state index in [1.807, 2.05) is 0 Å². The molecule has 2 N–H and O–H groups in total. The van der Waals surface area contributed by atoms with E-state index >= 15 is 0 Å². The van der Waals surface area contributed by atoms with Gasteiger partial charge in [-0.05, 0) is 34.1 Å². The summed E-state index contributed by atoms with van der Waals surface area (Å²) in [7, 11) is 0. The lowest BCUT2D eigenvalue weighted by Gasteiger charge is -2.10. The number of carboxylic acids is 1. The second kappa shape index (κ2) is 4.73. The van der Waals surface area contributed by atoms with Crippen molar-refractivity contribution >= 4 is 27.6 Å². The minimum Gasteiger partial charge on any atom is -0.480 e. The number of hydrogen-bond acceptors (Lipinski definition) is 2. The molecule has 0 heterocycles. The number of rotatable bonds is 3. The first-order valence-electron chi connectivity index (χ1n) is 4.13. The van der Waals surface area contributed by atoms with Gasteiger partial charge in [-0.1, -0.05) is 0 Å². The number of halogens is 4. The van der Waals surface area contributed by atoms with E-state index < -0.39 is 17.7 Å². The van der Waals surface area contributed by atoms with Gasteiger partial charge in [-0.3, -0.25) is 4.79 Å². The summed E-state index contributed by atoms with van der Waals surface area (Å²) in [4.78, 5) is 10.3. The van der Waals surface area contributed by atoms with Gasteiger partial charge >= 0.3 is 12.1 Å². The zero-order valence-corrected chi connectivity index (χ0v) is 9.39. The van der Waals surface area contributed by atoms with Crippen LogP contribution >= 0.6 is 15.9 Å². The lowest BCUT2D eigenvalue weighted by molar-refractivity contribution is -0.138. The molecule has 16 heavy (non-hydrogen) atoms. The zero-order chi connectivity index (χ0) is 12.3. The lowest BCUT2D eigenvalue weighted by atomic mass is 10.2. The highest BCUT2D eigenvalue weighted by atomic mass is 79.9. The Balaban J connectivity index is 2.88. The molecule has 1 aromatic rings. The monoisotopic (exact) mass is 297 g/mol. The topological polar surface area (TPSA) is 49.3 Å². The fourth-order valence-electron chi connectivity index (χ4n) is 1.01. The van der Waals surface area contributed by atoms with Gasteiger partial charge in [0.05, 0.1) is 5.56 Å². The van der Waals surface area contributed by atoms with Gasteiger partial charge < -0.3 is 10.4 Å². The predicted molar refractivity (Wildman–Crippen MR) is 55.3 cm³/mol. The average Bonchev–Trinajstić information content (AvgIpc) is 2.14. The standard InChI is InChI=1S/C9H7BrF3NO2/c10-6-3-5(9(11,12)13)1-2-7(6)14-4-8(15)16/h1-3,14H,4H2,(H,15,16). The van der Waals surface area contributed by atoms with Crippen LogP contribution in [0.3, 0.4) is 0 Å². The molecule has 0 aromatic heterocycles. The van der Waals surface area contributed by atoms with Gasteiger partial charge in [-0.25, -0.2) is 0 Å². The second-order valence-electron chi connectivity index (χ2n) is 2.94. The van der Waals surface area contributed by atoms with Gasteiger partial charge in [0.15, 0.2) is 0 Å². The molecule has 0 aliphatic heterocycles. The number of aliphatic carboxylic acids is 1. The normalized spacial score (nSPS) is 11.2. The molecule has 0 atom stereocenters. The zero-order valence-electron chi connectivity index (χ0n) is 7.81. The number of nitrogens with one attached hydrogen (secondary N) is 1. The molecular formula is C9H7BrF3NO2. The quantitative estimate of drug-likeness (QED) is 0.902. The molecule has 0 aliphatic rings. The molecule has 0 bridgehead atoms. The number of alkyl halides is 3. The molecule has 0 spiro atoms. The smallest absolute Gasteiger partial charge is 0.416 e. The van der Waals surface area contributed by atoms with Crippen molar-refractivity contribution in [1.29, 1.82) is 0 Å². The third-order valence-electron chi connectivity index (χ3n) is 1.73. The van der Waals surface area contributed by atoms with Gasteiger partial charge in [0.2, 0.25) is 0 Å². The van der Waals surface area contributed by atoms with Crippen LogP contribution in [-0.2, 0) is 11.0 Å². The van der Waals surface area contributed by atoms with Crippen LogP contribution < -0.4 is 5.32 Å². The van der Waals surface area contributed by atoms with Crippen LogP contribution in [-0.4, -0.2) is 17.6 Å². The summed E-state index contributed by atoms with van der Waals surface area (Å²) in [5.41, 5.74) is -0.490. The highest BCUT2D eigenvalue weighted by Crippen LogP contribution is 2.33. The SMILES string of the molecule is O=C(O)CNc1ccc(C(F)(F)F)cc1Br. The molecule has 0 unspecified atom stereocenters. The van der Waals surface area contributed by atoms with Crippen LogP contribution in [0.2, 0.25) is 0 Å². The number of carbonyl (C=O) groups is 1. The fourth-order valence-corrected chi connectivity index (χ4v) is 1.52. The molecule has 7 heteroatoms. The van der Waals surface area contributed by atoms with Crippen molar-refractivity contribution in [2.75, 3.05) is 11.9 Å². The van der Waals surface area contributed by atoms with Crippen LogP contribution in [0.25, 0.3) is 0 Å². The van der Waals surface area contributed by atoms with Gasteiger partial charge in [0.1, 0.15) is 6.54 Å². The van der Waals surface area contributed by atoms with E-state index in [0.29, 0.717) is 5.69 Å². The summed E-state index contributed by atoms with van der Waals surface area (Å²) in [5.74, 6) is -1.09. The second-order valence-corrected chi connectivity index (χ2v) is 3.79. The molecule has 1 aromatic carbocycles. The summed E-state index contributed by atoms with van der Waals surface area (Å²) in [6.07, 6.45) is -4.41. The Labute approximate surface area is 97.4 Å². The Morgan fingerprint density at radius 2 is 2.06 bits per heavy atom.